The normalized spacial score (nSPS) is 28.7. The summed E-state index contributed by atoms with van der Waals surface area (Å²) in [5.74, 6) is 1.33. The van der Waals surface area contributed by atoms with Crippen molar-refractivity contribution < 1.29 is 4.79 Å². The summed E-state index contributed by atoms with van der Waals surface area (Å²) in [6.45, 7) is 10.9. The van der Waals surface area contributed by atoms with Gasteiger partial charge < -0.3 is 9.80 Å². The van der Waals surface area contributed by atoms with Gasteiger partial charge in [-0.2, -0.15) is 0 Å². The van der Waals surface area contributed by atoms with E-state index in [1.807, 2.05) is 24.2 Å². The first-order valence-corrected chi connectivity index (χ1v) is 7.51. The van der Waals surface area contributed by atoms with E-state index < -0.39 is 0 Å². The van der Waals surface area contributed by atoms with E-state index in [0.29, 0.717) is 12.5 Å². The highest BCUT2D eigenvalue weighted by Crippen LogP contribution is 2.45. The minimum atomic E-state index is -0.267. The first-order valence-electron chi connectivity index (χ1n) is 7.51. The number of carbonyl (C=O) groups is 1. The fraction of sp³-hybridized carbons (Fsp3) is 0.562. The van der Waals surface area contributed by atoms with Crippen LogP contribution in [0.5, 0.6) is 0 Å². The van der Waals surface area contributed by atoms with Crippen LogP contribution >= 0.6 is 0 Å². The van der Waals surface area contributed by atoms with Crippen molar-refractivity contribution in [1.29, 1.82) is 0 Å². The molecule has 21 heavy (non-hydrogen) atoms. The molecule has 0 unspecified atom stereocenters. The van der Waals surface area contributed by atoms with Crippen LogP contribution in [0.25, 0.3) is 0 Å². The zero-order valence-corrected chi connectivity index (χ0v) is 12.7. The van der Waals surface area contributed by atoms with Crippen LogP contribution in [0.15, 0.2) is 25.0 Å². The Morgan fingerprint density at radius 3 is 2.86 bits per heavy atom. The van der Waals surface area contributed by atoms with Gasteiger partial charge in [-0.05, 0) is 24.8 Å². The minimum absolute atomic E-state index is 0.267. The minimum Gasteiger partial charge on any atom is -0.339 e. The number of anilines is 1. The zero-order valence-electron chi connectivity index (χ0n) is 12.7. The standard InChI is InChI=1S/C16H22N4O/c1-4-6-19-7-5-16(14(19)21)11-20(10-13(16)3)15-17-8-12(2)9-18-15/h4,8-9,13H,1,5-7,10-11H2,2-3H3/t13-,16-/m1/s1. The van der Waals surface area contributed by atoms with Crippen molar-refractivity contribution in [2.75, 3.05) is 31.1 Å². The van der Waals surface area contributed by atoms with Crippen molar-refractivity contribution in [3.8, 4) is 0 Å². The van der Waals surface area contributed by atoms with Gasteiger partial charge in [0.25, 0.3) is 0 Å². The van der Waals surface area contributed by atoms with Crippen LogP contribution < -0.4 is 4.90 Å². The summed E-state index contributed by atoms with van der Waals surface area (Å²) >= 11 is 0. The Labute approximate surface area is 125 Å². The quantitative estimate of drug-likeness (QED) is 0.793. The lowest BCUT2D eigenvalue weighted by atomic mass is 9.78. The van der Waals surface area contributed by atoms with Crippen LogP contribution in [0, 0.1) is 18.3 Å². The third-order valence-corrected chi connectivity index (χ3v) is 4.85. The molecule has 2 saturated heterocycles. The van der Waals surface area contributed by atoms with Crippen LogP contribution in [0.1, 0.15) is 18.9 Å². The molecule has 0 bridgehead atoms. The molecule has 0 aliphatic carbocycles. The predicted octanol–water partition coefficient (Wildman–Crippen LogP) is 1.65. The number of amides is 1. The summed E-state index contributed by atoms with van der Waals surface area (Å²) in [6, 6.07) is 0. The maximum absolute atomic E-state index is 12.8. The monoisotopic (exact) mass is 286 g/mol. The summed E-state index contributed by atoms with van der Waals surface area (Å²) in [5.41, 5.74) is 0.784. The topological polar surface area (TPSA) is 49.3 Å². The van der Waals surface area contributed by atoms with Crippen molar-refractivity contribution >= 4 is 11.9 Å². The molecule has 2 fully saturated rings. The molecular formula is C16H22N4O. The Morgan fingerprint density at radius 1 is 1.48 bits per heavy atom. The molecule has 1 aromatic rings. The van der Waals surface area contributed by atoms with Crippen LogP contribution in [0.3, 0.4) is 0 Å². The lowest BCUT2D eigenvalue weighted by Crippen LogP contribution is -2.39. The Morgan fingerprint density at radius 2 is 2.19 bits per heavy atom. The maximum atomic E-state index is 12.8. The van der Waals surface area contributed by atoms with Gasteiger partial charge in [0.2, 0.25) is 11.9 Å². The van der Waals surface area contributed by atoms with Gasteiger partial charge in [0.05, 0.1) is 5.41 Å². The number of hydrogen-bond donors (Lipinski definition) is 0. The second kappa shape index (κ2) is 5.13. The second-order valence-electron chi connectivity index (χ2n) is 6.29. The number of likely N-dealkylation sites (tertiary alicyclic amines) is 1. The number of hydrogen-bond acceptors (Lipinski definition) is 4. The summed E-state index contributed by atoms with van der Waals surface area (Å²) in [5, 5.41) is 0. The Hall–Kier alpha value is -1.91. The van der Waals surface area contributed by atoms with Crippen molar-refractivity contribution in [3.63, 3.8) is 0 Å². The van der Waals surface area contributed by atoms with Crippen LogP contribution in [0.2, 0.25) is 0 Å². The van der Waals surface area contributed by atoms with E-state index in [9.17, 15) is 4.79 Å². The van der Waals surface area contributed by atoms with E-state index in [0.717, 1.165) is 37.6 Å². The van der Waals surface area contributed by atoms with Gasteiger partial charge >= 0.3 is 0 Å². The molecule has 112 valence electrons. The fourth-order valence-corrected chi connectivity index (χ4v) is 3.56. The molecule has 0 saturated carbocycles. The Balaban J connectivity index is 1.81. The van der Waals surface area contributed by atoms with E-state index in [-0.39, 0.29) is 11.3 Å². The molecular weight excluding hydrogens is 264 g/mol. The average molecular weight is 286 g/mol. The second-order valence-corrected chi connectivity index (χ2v) is 6.29. The lowest BCUT2D eigenvalue weighted by molar-refractivity contribution is -0.136. The van der Waals surface area contributed by atoms with Gasteiger partial charge in [0.1, 0.15) is 0 Å². The van der Waals surface area contributed by atoms with Gasteiger partial charge in [-0.3, -0.25) is 4.79 Å². The van der Waals surface area contributed by atoms with E-state index in [4.69, 9.17) is 0 Å². The van der Waals surface area contributed by atoms with Gasteiger partial charge in [-0.15, -0.1) is 6.58 Å². The molecule has 0 N–H and O–H groups in total. The van der Waals surface area contributed by atoms with Crippen molar-refractivity contribution in [2.45, 2.75) is 20.3 Å². The smallest absolute Gasteiger partial charge is 0.231 e. The summed E-state index contributed by atoms with van der Waals surface area (Å²) in [6.07, 6.45) is 6.39. The summed E-state index contributed by atoms with van der Waals surface area (Å²) in [7, 11) is 0. The zero-order chi connectivity index (χ0) is 15.0. The molecule has 3 rings (SSSR count). The van der Waals surface area contributed by atoms with Gasteiger partial charge in [0.15, 0.2) is 0 Å². The molecule has 0 aromatic carbocycles. The lowest BCUT2D eigenvalue weighted by Gasteiger charge is -2.26. The number of aromatic nitrogens is 2. The maximum Gasteiger partial charge on any atom is 0.231 e. The van der Waals surface area contributed by atoms with Crippen LogP contribution in [-0.2, 0) is 4.79 Å². The molecule has 1 amide bonds. The Bertz CT molecular complexity index is 556. The highest BCUT2D eigenvalue weighted by Gasteiger charge is 2.55. The number of aryl methyl sites for hydroxylation is 1. The number of carbonyl (C=O) groups excluding carboxylic acids is 1. The number of nitrogens with zero attached hydrogens (tertiary/aromatic N) is 4. The molecule has 2 aliphatic rings. The average Bonchev–Trinajstić information content (AvgIpc) is 2.96. The first kappa shape index (κ1) is 14.0. The molecule has 2 atom stereocenters. The van der Waals surface area contributed by atoms with Gasteiger partial charge in [-0.1, -0.05) is 13.0 Å². The molecule has 5 heteroatoms. The molecule has 5 nitrogen and oxygen atoms in total. The third kappa shape index (κ3) is 2.20. The van der Waals surface area contributed by atoms with Crippen molar-refractivity contribution in [3.05, 3.63) is 30.6 Å². The summed E-state index contributed by atoms with van der Waals surface area (Å²) in [4.78, 5) is 25.7. The first-order chi connectivity index (χ1) is 10.1. The van der Waals surface area contributed by atoms with E-state index >= 15 is 0 Å². The molecule has 1 aromatic heterocycles. The van der Waals surface area contributed by atoms with Crippen molar-refractivity contribution in [1.82, 2.24) is 14.9 Å². The van der Waals surface area contributed by atoms with Crippen LogP contribution in [0.4, 0.5) is 5.95 Å². The van der Waals surface area contributed by atoms with Crippen molar-refractivity contribution in [2.24, 2.45) is 11.3 Å². The predicted molar refractivity (Wildman–Crippen MR) is 82.0 cm³/mol. The molecule has 3 heterocycles. The van der Waals surface area contributed by atoms with E-state index in [2.05, 4.69) is 28.4 Å². The van der Waals surface area contributed by atoms with Gasteiger partial charge in [0, 0.05) is 38.6 Å². The molecule has 0 radical (unpaired) electrons. The molecule has 2 aliphatic heterocycles. The number of rotatable bonds is 3. The van der Waals surface area contributed by atoms with Gasteiger partial charge in [-0.25, -0.2) is 9.97 Å². The highest BCUT2D eigenvalue weighted by molar-refractivity contribution is 5.86. The third-order valence-electron chi connectivity index (χ3n) is 4.85. The van der Waals surface area contributed by atoms with Crippen LogP contribution in [-0.4, -0.2) is 47.0 Å². The fourth-order valence-electron chi connectivity index (χ4n) is 3.56. The SMILES string of the molecule is C=CCN1CC[C@]2(CN(c3ncc(C)cn3)C[C@H]2C)C1=O. The van der Waals surface area contributed by atoms with E-state index in [1.165, 1.54) is 0 Å². The Kier molecular flexibility index (Phi) is 3.43. The highest BCUT2D eigenvalue weighted by atomic mass is 16.2. The largest absolute Gasteiger partial charge is 0.339 e. The van der Waals surface area contributed by atoms with E-state index in [1.54, 1.807) is 6.08 Å². The molecule has 1 spiro atoms. The summed E-state index contributed by atoms with van der Waals surface area (Å²) < 4.78 is 0.